The Morgan fingerprint density at radius 2 is 2.17 bits per heavy atom. The zero-order chi connectivity index (χ0) is 17.5. The molecule has 1 atom stereocenters. The van der Waals surface area contributed by atoms with E-state index in [-0.39, 0.29) is 16.4 Å². The molecule has 1 aromatic heterocycles. The number of nitrogens with two attached hydrogens (primary N) is 1. The Labute approximate surface area is 145 Å². The van der Waals surface area contributed by atoms with E-state index in [2.05, 4.69) is 17.2 Å². The molecule has 0 saturated carbocycles. The minimum atomic E-state index is -3.85. The van der Waals surface area contributed by atoms with Crippen LogP contribution in [0, 0.1) is 12.8 Å². The van der Waals surface area contributed by atoms with E-state index in [4.69, 9.17) is 5.14 Å². The van der Waals surface area contributed by atoms with E-state index in [0.717, 1.165) is 25.0 Å². The van der Waals surface area contributed by atoms with Crippen LogP contribution >= 0.6 is 11.3 Å². The predicted octanol–water partition coefficient (Wildman–Crippen LogP) is 2.48. The number of aryl methyl sites for hydroxylation is 2. The number of hydrogen-bond donors (Lipinski definition) is 2. The maximum atomic E-state index is 12.5. The third-order valence-electron chi connectivity index (χ3n) is 4.19. The summed E-state index contributed by atoms with van der Waals surface area (Å²) in [5.74, 6) is 0.257. The second-order valence-corrected chi connectivity index (χ2v) is 8.86. The zero-order valence-electron chi connectivity index (χ0n) is 13.5. The molecule has 0 unspecified atom stereocenters. The van der Waals surface area contributed by atoms with Crippen molar-refractivity contribution >= 4 is 32.4 Å². The van der Waals surface area contributed by atoms with E-state index >= 15 is 0 Å². The van der Waals surface area contributed by atoms with Crippen LogP contribution in [-0.2, 0) is 22.9 Å². The Bertz CT molecular complexity index is 903. The van der Waals surface area contributed by atoms with Gasteiger partial charge in [0.25, 0.3) is 5.91 Å². The third-order valence-corrected chi connectivity index (χ3v) is 6.14. The number of carbonyl (C=O) groups excluding carboxylic acids is 1. The molecule has 1 heterocycles. The number of aromatic nitrogens is 1. The van der Waals surface area contributed by atoms with Gasteiger partial charge in [-0.3, -0.25) is 10.1 Å². The molecule has 3 N–H and O–H groups in total. The summed E-state index contributed by atoms with van der Waals surface area (Å²) < 4.78 is 23.0. The normalized spacial score (nSPS) is 17.4. The molecule has 0 spiro atoms. The number of hydrogen-bond acceptors (Lipinski definition) is 5. The van der Waals surface area contributed by atoms with Crippen LogP contribution in [0.3, 0.4) is 0 Å². The van der Waals surface area contributed by atoms with Gasteiger partial charge in [0, 0.05) is 10.4 Å². The van der Waals surface area contributed by atoms with Gasteiger partial charge in [-0.2, -0.15) is 0 Å². The van der Waals surface area contributed by atoms with Gasteiger partial charge in [-0.05, 0) is 49.8 Å². The van der Waals surface area contributed by atoms with E-state index in [9.17, 15) is 13.2 Å². The second kappa shape index (κ2) is 6.27. The van der Waals surface area contributed by atoms with Gasteiger partial charge >= 0.3 is 0 Å². The summed E-state index contributed by atoms with van der Waals surface area (Å²) in [5, 5.41) is 8.48. The maximum absolute atomic E-state index is 12.5. The first-order valence-corrected chi connectivity index (χ1v) is 10.0. The molecule has 0 saturated heterocycles. The van der Waals surface area contributed by atoms with Gasteiger partial charge in [0.1, 0.15) is 0 Å². The quantitative estimate of drug-likeness (QED) is 0.872. The highest BCUT2D eigenvalue weighted by Gasteiger charge is 2.21. The molecule has 0 radical (unpaired) electrons. The standard InChI is InChI=1S/C16H19N3O3S2/c1-9-3-6-13-14(7-9)23-16(18-13)19-15(20)12-8-11(24(17,21)22)5-4-10(12)2/h4-5,8-9H,3,6-7H2,1-2H3,(H2,17,21,22)(H,18,19,20)/t9-/m1/s1. The van der Waals surface area contributed by atoms with Crippen LogP contribution in [-0.4, -0.2) is 19.3 Å². The minimum Gasteiger partial charge on any atom is -0.298 e. The molecule has 0 bridgehead atoms. The number of fused-ring (bicyclic) bond motifs is 1. The number of rotatable bonds is 3. The number of anilines is 1. The number of amides is 1. The van der Waals surface area contributed by atoms with Gasteiger partial charge in [0.2, 0.25) is 10.0 Å². The van der Waals surface area contributed by atoms with Crippen molar-refractivity contribution in [2.24, 2.45) is 11.1 Å². The lowest BCUT2D eigenvalue weighted by Gasteiger charge is -2.15. The fraction of sp³-hybridized carbons (Fsp3) is 0.375. The van der Waals surface area contributed by atoms with Crippen molar-refractivity contribution in [3.8, 4) is 0 Å². The highest BCUT2D eigenvalue weighted by molar-refractivity contribution is 7.89. The highest BCUT2D eigenvalue weighted by atomic mass is 32.2. The molecule has 1 aliphatic rings. The number of sulfonamides is 1. The van der Waals surface area contributed by atoms with Gasteiger partial charge in [0.15, 0.2) is 5.13 Å². The van der Waals surface area contributed by atoms with E-state index < -0.39 is 10.0 Å². The Balaban J connectivity index is 1.85. The summed E-state index contributed by atoms with van der Waals surface area (Å²) in [6.45, 7) is 3.96. The van der Waals surface area contributed by atoms with Crippen molar-refractivity contribution in [3.63, 3.8) is 0 Å². The van der Waals surface area contributed by atoms with E-state index in [1.54, 1.807) is 13.0 Å². The number of nitrogens with zero attached hydrogens (tertiary/aromatic N) is 1. The van der Waals surface area contributed by atoms with E-state index in [0.29, 0.717) is 16.6 Å². The second-order valence-electron chi connectivity index (χ2n) is 6.21. The van der Waals surface area contributed by atoms with Crippen molar-refractivity contribution in [2.45, 2.75) is 38.0 Å². The molecule has 3 rings (SSSR count). The van der Waals surface area contributed by atoms with Crippen molar-refractivity contribution in [3.05, 3.63) is 39.9 Å². The molecule has 24 heavy (non-hydrogen) atoms. The average molecular weight is 365 g/mol. The molecule has 0 aliphatic heterocycles. The van der Waals surface area contributed by atoms with E-state index in [1.807, 2.05) is 0 Å². The number of nitrogens with one attached hydrogen (secondary N) is 1. The Hall–Kier alpha value is -1.77. The molecule has 0 fully saturated rings. The Kier molecular flexibility index (Phi) is 4.46. The number of carbonyl (C=O) groups is 1. The first kappa shape index (κ1) is 17.1. The van der Waals surface area contributed by atoms with Crippen molar-refractivity contribution in [1.82, 2.24) is 4.98 Å². The number of benzene rings is 1. The number of thiazole rings is 1. The smallest absolute Gasteiger partial charge is 0.257 e. The summed E-state index contributed by atoms with van der Waals surface area (Å²) in [4.78, 5) is 18.1. The maximum Gasteiger partial charge on any atom is 0.257 e. The monoisotopic (exact) mass is 365 g/mol. The minimum absolute atomic E-state index is 0.0782. The zero-order valence-corrected chi connectivity index (χ0v) is 15.1. The summed E-state index contributed by atoms with van der Waals surface area (Å²) in [5.41, 5.74) is 2.02. The van der Waals surface area contributed by atoms with Crippen LogP contribution in [0.15, 0.2) is 23.1 Å². The van der Waals surface area contributed by atoms with Gasteiger partial charge in [-0.15, -0.1) is 11.3 Å². The molecule has 1 amide bonds. The van der Waals surface area contributed by atoms with Crippen LogP contribution in [0.4, 0.5) is 5.13 Å². The number of primary sulfonamides is 1. The van der Waals surface area contributed by atoms with Crippen LogP contribution in [0.1, 0.15) is 39.8 Å². The summed E-state index contributed by atoms with van der Waals surface area (Å²) in [6.07, 6.45) is 3.03. The van der Waals surface area contributed by atoms with E-state index in [1.165, 1.54) is 28.3 Å². The molecular weight excluding hydrogens is 346 g/mol. The van der Waals surface area contributed by atoms with Gasteiger partial charge < -0.3 is 0 Å². The van der Waals surface area contributed by atoms with Crippen molar-refractivity contribution in [2.75, 3.05) is 5.32 Å². The summed E-state index contributed by atoms with van der Waals surface area (Å²) in [7, 11) is -3.85. The average Bonchev–Trinajstić information content (AvgIpc) is 2.87. The van der Waals surface area contributed by atoms with Crippen molar-refractivity contribution < 1.29 is 13.2 Å². The molecule has 8 heteroatoms. The Morgan fingerprint density at radius 3 is 2.88 bits per heavy atom. The Morgan fingerprint density at radius 1 is 1.42 bits per heavy atom. The lowest BCUT2D eigenvalue weighted by Crippen LogP contribution is -2.17. The highest BCUT2D eigenvalue weighted by Crippen LogP contribution is 2.32. The van der Waals surface area contributed by atoms with Crippen molar-refractivity contribution in [1.29, 1.82) is 0 Å². The van der Waals surface area contributed by atoms with Gasteiger partial charge in [-0.1, -0.05) is 13.0 Å². The lowest BCUT2D eigenvalue weighted by molar-refractivity contribution is 0.102. The molecule has 1 aliphatic carbocycles. The molecular formula is C16H19N3O3S2. The summed E-state index contributed by atoms with van der Waals surface area (Å²) >= 11 is 1.49. The van der Waals surface area contributed by atoms with Gasteiger partial charge in [-0.25, -0.2) is 18.5 Å². The topological polar surface area (TPSA) is 102 Å². The van der Waals surface area contributed by atoms with Crippen LogP contribution in [0.2, 0.25) is 0 Å². The van der Waals surface area contributed by atoms with Crippen LogP contribution < -0.4 is 10.5 Å². The lowest BCUT2D eigenvalue weighted by atomic mass is 9.93. The predicted molar refractivity (Wildman–Crippen MR) is 93.8 cm³/mol. The largest absolute Gasteiger partial charge is 0.298 e. The summed E-state index contributed by atoms with van der Waals surface area (Å²) in [6, 6.07) is 4.27. The fourth-order valence-electron chi connectivity index (χ4n) is 2.78. The fourth-order valence-corrected chi connectivity index (χ4v) is 4.49. The van der Waals surface area contributed by atoms with Crippen LogP contribution in [0.25, 0.3) is 0 Å². The van der Waals surface area contributed by atoms with Crippen LogP contribution in [0.5, 0.6) is 0 Å². The first-order valence-electron chi connectivity index (χ1n) is 7.67. The molecule has 128 valence electrons. The third kappa shape index (κ3) is 3.50. The molecule has 2 aromatic rings. The van der Waals surface area contributed by atoms with Gasteiger partial charge in [0.05, 0.1) is 10.6 Å². The first-order chi connectivity index (χ1) is 11.2. The molecule has 1 aromatic carbocycles. The SMILES string of the molecule is Cc1ccc(S(N)(=O)=O)cc1C(=O)Nc1nc2c(s1)C[C@H](C)CC2. The molecule has 6 nitrogen and oxygen atoms in total.